The van der Waals surface area contributed by atoms with Gasteiger partial charge in [-0.15, -0.1) is 11.3 Å². The van der Waals surface area contributed by atoms with E-state index in [2.05, 4.69) is 4.36 Å². The first-order valence-corrected chi connectivity index (χ1v) is 12.8. The Labute approximate surface area is 190 Å². The Morgan fingerprint density at radius 1 is 1.19 bits per heavy atom. The zero-order valence-corrected chi connectivity index (χ0v) is 19.6. The van der Waals surface area contributed by atoms with Gasteiger partial charge in [0.1, 0.15) is 5.82 Å². The number of nitrogens with one attached hydrogen (secondary N) is 1. The molecule has 2 aromatic heterocycles. The Bertz CT molecular complexity index is 1440. The van der Waals surface area contributed by atoms with E-state index in [9.17, 15) is 8.60 Å². The van der Waals surface area contributed by atoms with Gasteiger partial charge in [0.25, 0.3) is 0 Å². The largest absolute Gasteiger partial charge is 0.398 e. The maximum atomic E-state index is 13.6. The molecule has 0 aliphatic heterocycles. The Hall–Kier alpha value is -3.10. The third kappa shape index (κ3) is 4.03. The maximum absolute atomic E-state index is 13.6. The van der Waals surface area contributed by atoms with E-state index < -0.39 is 9.73 Å². The third-order valence-electron chi connectivity index (χ3n) is 5.18. The molecule has 0 aliphatic rings. The lowest BCUT2D eigenvalue weighted by atomic mass is 9.91. The van der Waals surface area contributed by atoms with Gasteiger partial charge in [-0.05, 0) is 52.6 Å². The number of hydrogen-bond donors (Lipinski definition) is 2. The SMILES string of the molecule is CC(C)c1nc(N=S(C)(=O)c2cccs2)c2cc(N)c(C=N)cc2c1-c1ccc(F)cc1. The van der Waals surface area contributed by atoms with E-state index in [1.807, 2.05) is 31.4 Å². The number of nitrogens with zero attached hydrogens (tertiary/aromatic N) is 2. The molecule has 1 atom stereocenters. The van der Waals surface area contributed by atoms with E-state index in [0.29, 0.717) is 26.7 Å². The number of pyridine rings is 1. The predicted molar refractivity (Wildman–Crippen MR) is 132 cm³/mol. The molecule has 0 saturated heterocycles. The minimum Gasteiger partial charge on any atom is -0.398 e. The second-order valence-corrected chi connectivity index (χ2v) is 11.3. The Morgan fingerprint density at radius 3 is 2.50 bits per heavy atom. The van der Waals surface area contributed by atoms with Crippen LogP contribution in [0.1, 0.15) is 31.0 Å². The summed E-state index contributed by atoms with van der Waals surface area (Å²) in [6, 6.07) is 13.4. The van der Waals surface area contributed by atoms with Gasteiger partial charge in [0, 0.05) is 34.7 Å². The van der Waals surface area contributed by atoms with Crippen molar-refractivity contribution in [2.45, 2.75) is 24.0 Å². The topological polar surface area (TPSA) is 92.2 Å². The zero-order valence-electron chi connectivity index (χ0n) is 17.9. The minimum absolute atomic E-state index is 0.0176. The molecular weight excluding hydrogens is 443 g/mol. The molecule has 0 radical (unpaired) electrons. The van der Waals surface area contributed by atoms with Crippen LogP contribution in [0.25, 0.3) is 21.9 Å². The average molecular weight is 467 g/mol. The number of nitrogens with two attached hydrogens (primary N) is 1. The van der Waals surface area contributed by atoms with E-state index in [-0.39, 0.29) is 11.7 Å². The fraction of sp³-hybridized carbons (Fsp3) is 0.167. The van der Waals surface area contributed by atoms with Crippen LogP contribution in [0.5, 0.6) is 0 Å². The van der Waals surface area contributed by atoms with Gasteiger partial charge in [-0.1, -0.05) is 32.0 Å². The molecule has 2 aromatic carbocycles. The summed E-state index contributed by atoms with van der Waals surface area (Å²) in [6.45, 7) is 4.03. The second kappa shape index (κ2) is 8.44. The van der Waals surface area contributed by atoms with Crippen LogP contribution in [0.3, 0.4) is 0 Å². The zero-order chi connectivity index (χ0) is 23.0. The van der Waals surface area contributed by atoms with Crippen LogP contribution in [-0.4, -0.2) is 21.7 Å². The minimum atomic E-state index is -2.72. The monoisotopic (exact) mass is 466 g/mol. The molecule has 5 nitrogen and oxygen atoms in total. The van der Waals surface area contributed by atoms with E-state index in [1.165, 1.54) is 29.7 Å². The van der Waals surface area contributed by atoms with Crippen LogP contribution >= 0.6 is 11.3 Å². The molecule has 4 rings (SSSR count). The number of aromatic nitrogens is 1. The highest BCUT2D eigenvalue weighted by atomic mass is 32.2. The molecule has 32 heavy (non-hydrogen) atoms. The fourth-order valence-electron chi connectivity index (χ4n) is 3.61. The maximum Gasteiger partial charge on any atom is 0.170 e. The van der Waals surface area contributed by atoms with Crippen molar-refractivity contribution in [3.8, 4) is 11.1 Å². The molecule has 0 bridgehead atoms. The third-order valence-corrected chi connectivity index (χ3v) is 8.46. The molecule has 0 fully saturated rings. The lowest BCUT2D eigenvalue weighted by molar-refractivity contribution is 0.628. The predicted octanol–water partition coefficient (Wildman–Crippen LogP) is 6.59. The van der Waals surface area contributed by atoms with Crippen LogP contribution in [0.2, 0.25) is 0 Å². The summed E-state index contributed by atoms with van der Waals surface area (Å²) in [7, 11) is -2.72. The lowest BCUT2D eigenvalue weighted by Crippen LogP contribution is -2.02. The molecule has 3 N–H and O–H groups in total. The Morgan fingerprint density at radius 2 is 1.91 bits per heavy atom. The molecule has 164 valence electrons. The van der Waals surface area contributed by atoms with E-state index in [4.69, 9.17) is 16.1 Å². The van der Waals surface area contributed by atoms with Gasteiger partial charge in [0.05, 0.1) is 19.6 Å². The van der Waals surface area contributed by atoms with Gasteiger partial charge in [-0.25, -0.2) is 13.6 Å². The summed E-state index contributed by atoms with van der Waals surface area (Å²) in [4.78, 5) is 4.84. The van der Waals surface area contributed by atoms with Crippen LogP contribution in [0.4, 0.5) is 15.9 Å². The fourth-order valence-corrected chi connectivity index (χ4v) is 5.95. The smallest absolute Gasteiger partial charge is 0.170 e. The number of fused-ring (bicyclic) bond motifs is 1. The molecule has 0 spiro atoms. The van der Waals surface area contributed by atoms with E-state index >= 15 is 0 Å². The van der Waals surface area contributed by atoms with Crippen LogP contribution in [-0.2, 0) is 9.73 Å². The standard InChI is InChI=1S/C24H23FN4OS2/c1-14(2)23-22(15-6-8-17(25)9-7-15)18-11-16(13-26)20(27)12-19(18)24(28-23)29-32(3,30)21-5-4-10-31-21/h4-14,26H,27H2,1-3H3. The van der Waals surface area contributed by atoms with Gasteiger partial charge in [0.15, 0.2) is 5.82 Å². The van der Waals surface area contributed by atoms with Crippen molar-refractivity contribution < 1.29 is 8.60 Å². The van der Waals surface area contributed by atoms with Crippen molar-refractivity contribution in [2.75, 3.05) is 12.0 Å². The second-order valence-electron chi connectivity index (χ2n) is 7.85. The summed E-state index contributed by atoms with van der Waals surface area (Å²) in [5.74, 6) is 0.0394. The van der Waals surface area contributed by atoms with Crippen LogP contribution in [0, 0.1) is 11.2 Å². The molecule has 1 unspecified atom stereocenters. The Balaban J connectivity index is 2.15. The van der Waals surface area contributed by atoms with Crippen molar-refractivity contribution >= 4 is 49.6 Å². The summed E-state index contributed by atoms with van der Waals surface area (Å²) in [5, 5.41) is 11.0. The quantitative estimate of drug-likeness (QED) is 0.256. The molecule has 0 saturated carbocycles. The molecule has 0 aliphatic carbocycles. The molecule has 0 amide bonds. The first kappa shape index (κ1) is 22.1. The van der Waals surface area contributed by atoms with Crippen LogP contribution in [0.15, 0.2) is 62.5 Å². The summed E-state index contributed by atoms with van der Waals surface area (Å²) in [6.07, 6.45) is 2.80. The highest BCUT2D eigenvalue weighted by Gasteiger charge is 2.20. The van der Waals surface area contributed by atoms with Crippen molar-refractivity contribution in [1.82, 2.24) is 4.98 Å². The van der Waals surface area contributed by atoms with Crippen molar-refractivity contribution in [1.29, 1.82) is 5.41 Å². The first-order chi connectivity index (χ1) is 15.2. The molecule has 8 heteroatoms. The number of anilines is 1. The van der Waals surface area contributed by atoms with Crippen molar-refractivity contribution in [3.05, 3.63) is 71.0 Å². The first-order valence-electron chi connectivity index (χ1n) is 10.0. The van der Waals surface area contributed by atoms with E-state index in [0.717, 1.165) is 22.2 Å². The highest BCUT2D eigenvalue weighted by molar-refractivity contribution is 7.95. The molecular formula is C24H23FN4OS2. The van der Waals surface area contributed by atoms with Crippen LogP contribution < -0.4 is 5.73 Å². The number of halogens is 1. The van der Waals surface area contributed by atoms with E-state index in [1.54, 1.807) is 30.5 Å². The number of hydrogen-bond acceptors (Lipinski definition) is 6. The number of thiophene rings is 1. The van der Waals surface area contributed by atoms with Gasteiger partial charge in [-0.3, -0.25) is 0 Å². The van der Waals surface area contributed by atoms with Gasteiger partial charge < -0.3 is 11.1 Å². The van der Waals surface area contributed by atoms with Crippen molar-refractivity contribution in [3.63, 3.8) is 0 Å². The normalized spacial score (nSPS) is 13.3. The molecule has 2 heterocycles. The summed E-state index contributed by atoms with van der Waals surface area (Å²) < 4.78 is 32.3. The summed E-state index contributed by atoms with van der Waals surface area (Å²) >= 11 is 1.39. The summed E-state index contributed by atoms with van der Waals surface area (Å²) in [5.41, 5.74) is 9.54. The molecule has 4 aromatic rings. The lowest BCUT2D eigenvalue weighted by Gasteiger charge is -2.18. The van der Waals surface area contributed by atoms with Gasteiger partial charge in [0.2, 0.25) is 0 Å². The Kier molecular flexibility index (Phi) is 5.83. The highest BCUT2D eigenvalue weighted by Crippen LogP contribution is 2.41. The van der Waals surface area contributed by atoms with Crippen molar-refractivity contribution in [2.24, 2.45) is 4.36 Å². The number of nitrogen functional groups attached to an aromatic ring is 1. The van der Waals surface area contributed by atoms with Gasteiger partial charge in [-0.2, -0.15) is 4.36 Å². The number of benzene rings is 2. The van der Waals surface area contributed by atoms with Gasteiger partial charge >= 0.3 is 0 Å². The number of rotatable bonds is 5. The average Bonchev–Trinajstić information content (AvgIpc) is 3.30.